The lowest BCUT2D eigenvalue weighted by Gasteiger charge is -2.34. The molecule has 2 aliphatic heterocycles. The minimum absolute atomic E-state index is 0.0628. The average Bonchev–Trinajstić information content (AvgIpc) is 3.61. The highest BCUT2D eigenvalue weighted by atomic mass is 16.5. The number of aromatic nitrogens is 1. The molecule has 0 spiro atoms. The largest absolute Gasteiger partial charge is 0.458 e. The van der Waals surface area contributed by atoms with Crippen LogP contribution < -0.4 is 21.1 Å². The summed E-state index contributed by atoms with van der Waals surface area (Å²) in [6, 6.07) is 63.3. The second-order valence-corrected chi connectivity index (χ2v) is 18.0. The van der Waals surface area contributed by atoms with E-state index in [-0.39, 0.29) is 6.71 Å². The van der Waals surface area contributed by atoms with E-state index in [0.717, 1.165) is 17.1 Å². The zero-order valence-corrected chi connectivity index (χ0v) is 36.6. The number of nitrogens with zero attached hydrogens (tertiary/aromatic N) is 1. The fourth-order valence-corrected chi connectivity index (χ4v) is 11.4. The Labute approximate surface area is 370 Å². The molecule has 3 heterocycles. The number of aryl methyl sites for hydroxylation is 6. The number of hydrogen-bond acceptors (Lipinski definition) is 1. The molecular formula is C60H46BNO. The van der Waals surface area contributed by atoms with Crippen molar-refractivity contribution < 1.29 is 4.74 Å². The predicted molar refractivity (Wildman–Crippen MR) is 268 cm³/mol. The Kier molecular flexibility index (Phi) is 8.37. The number of rotatable bonds is 5. The van der Waals surface area contributed by atoms with E-state index in [1.165, 1.54) is 127 Å². The summed E-state index contributed by atoms with van der Waals surface area (Å²) in [6.07, 6.45) is 0. The highest BCUT2D eigenvalue weighted by Crippen LogP contribution is 2.44. The lowest BCUT2D eigenvalue weighted by molar-refractivity contribution is 0.487. The topological polar surface area (TPSA) is 14.2 Å². The molecule has 3 heteroatoms. The van der Waals surface area contributed by atoms with Crippen molar-refractivity contribution in [2.75, 3.05) is 0 Å². The van der Waals surface area contributed by atoms with Crippen LogP contribution in [0.4, 0.5) is 0 Å². The minimum Gasteiger partial charge on any atom is -0.458 e. The van der Waals surface area contributed by atoms with Gasteiger partial charge in [-0.05, 0) is 172 Å². The van der Waals surface area contributed by atoms with Gasteiger partial charge in [-0.2, -0.15) is 0 Å². The highest BCUT2D eigenvalue weighted by molar-refractivity contribution is 6.99. The lowest BCUT2D eigenvalue weighted by Crippen LogP contribution is -2.58. The van der Waals surface area contributed by atoms with Gasteiger partial charge >= 0.3 is 0 Å². The summed E-state index contributed by atoms with van der Waals surface area (Å²) < 4.78 is 9.75. The van der Waals surface area contributed by atoms with Crippen LogP contribution in [0.3, 0.4) is 0 Å². The molecule has 0 unspecified atom stereocenters. The van der Waals surface area contributed by atoms with Gasteiger partial charge in [0.1, 0.15) is 11.5 Å². The molecule has 0 N–H and O–H groups in total. The number of ether oxygens (including phenoxy) is 1. The van der Waals surface area contributed by atoms with Crippen LogP contribution >= 0.6 is 0 Å². The van der Waals surface area contributed by atoms with Gasteiger partial charge in [0.2, 0.25) is 0 Å². The Hall–Kier alpha value is -7.36. The van der Waals surface area contributed by atoms with E-state index < -0.39 is 0 Å². The third kappa shape index (κ3) is 5.80. The molecule has 0 saturated heterocycles. The quantitative estimate of drug-likeness (QED) is 0.158. The molecule has 0 atom stereocenters. The van der Waals surface area contributed by atoms with Crippen molar-refractivity contribution in [1.29, 1.82) is 0 Å². The highest BCUT2D eigenvalue weighted by Gasteiger charge is 2.41. The molecule has 300 valence electrons. The summed E-state index contributed by atoms with van der Waals surface area (Å²) in [5, 5.41) is 2.53. The molecular weight excluding hydrogens is 761 g/mol. The van der Waals surface area contributed by atoms with Crippen molar-refractivity contribution in [2.24, 2.45) is 0 Å². The Bertz CT molecular complexity index is 3490. The second kappa shape index (κ2) is 14.1. The van der Waals surface area contributed by atoms with Gasteiger partial charge < -0.3 is 9.30 Å². The third-order valence-electron chi connectivity index (χ3n) is 13.8. The van der Waals surface area contributed by atoms with Crippen molar-refractivity contribution in [1.82, 2.24) is 4.57 Å². The first-order chi connectivity index (χ1) is 30.7. The Morgan fingerprint density at radius 3 is 1.62 bits per heavy atom. The maximum atomic E-state index is 7.19. The van der Waals surface area contributed by atoms with E-state index >= 15 is 0 Å². The SMILES string of the molecule is Cc1cc(C)c(-c2ccc3c(c2)c2cc(-c4c(C)cc(C)cc4C)cc4c2n3-c2cc(-c3ccccc3-c3ccccc3)cc3c2B4c2cc(-c4ccccc4)ccc2O3)c(C)c1. The number of fused-ring (bicyclic) bond motifs is 7. The fraction of sp³-hybridized carbons (Fsp3) is 0.100. The average molecular weight is 808 g/mol. The van der Waals surface area contributed by atoms with Gasteiger partial charge in [-0.25, -0.2) is 0 Å². The smallest absolute Gasteiger partial charge is 0.256 e. The second-order valence-electron chi connectivity index (χ2n) is 18.0. The Morgan fingerprint density at radius 2 is 0.952 bits per heavy atom. The van der Waals surface area contributed by atoms with Gasteiger partial charge in [-0.15, -0.1) is 0 Å². The fourth-order valence-electron chi connectivity index (χ4n) is 11.4. The summed E-state index contributed by atoms with van der Waals surface area (Å²) >= 11 is 0. The third-order valence-corrected chi connectivity index (χ3v) is 13.8. The Balaban J connectivity index is 1.22. The van der Waals surface area contributed by atoms with E-state index in [4.69, 9.17) is 4.74 Å². The number of hydrogen-bond donors (Lipinski definition) is 0. The van der Waals surface area contributed by atoms with E-state index in [0.29, 0.717) is 0 Å². The number of benzene rings is 9. The molecule has 1 aromatic heterocycles. The first-order valence-corrected chi connectivity index (χ1v) is 22.2. The maximum Gasteiger partial charge on any atom is 0.256 e. The summed E-state index contributed by atoms with van der Waals surface area (Å²) in [5.74, 6) is 1.82. The standard InChI is InChI=1S/C60H46BNO/c1-35-25-37(3)57(38(4)26-35)44-21-23-53-49(29-44)50-30-46(58-39(5)27-36(2)28-40(58)6)32-52-60(50)62(53)54-33-45(48-20-14-13-19-47(48)42-17-11-8-12-18-42)34-56-59(54)61(52)51-31-43(22-24-55(51)63-56)41-15-9-7-10-16-41/h7-34H,1-6H3. The van der Waals surface area contributed by atoms with Crippen LogP contribution in [0, 0.1) is 41.5 Å². The molecule has 0 bridgehead atoms. The lowest BCUT2D eigenvalue weighted by atomic mass is 9.34. The minimum atomic E-state index is -0.0628. The van der Waals surface area contributed by atoms with Gasteiger partial charge in [0.25, 0.3) is 6.71 Å². The van der Waals surface area contributed by atoms with E-state index in [9.17, 15) is 0 Å². The molecule has 10 aromatic rings. The van der Waals surface area contributed by atoms with Crippen molar-refractivity contribution in [2.45, 2.75) is 41.5 Å². The Morgan fingerprint density at radius 1 is 0.397 bits per heavy atom. The van der Waals surface area contributed by atoms with Crippen LogP contribution in [0.1, 0.15) is 33.4 Å². The van der Waals surface area contributed by atoms with Crippen LogP contribution in [-0.4, -0.2) is 11.3 Å². The molecule has 0 amide bonds. The van der Waals surface area contributed by atoms with Crippen molar-refractivity contribution in [3.05, 3.63) is 203 Å². The predicted octanol–water partition coefficient (Wildman–Crippen LogP) is 13.9. The monoisotopic (exact) mass is 807 g/mol. The van der Waals surface area contributed by atoms with Gasteiger partial charge in [-0.1, -0.05) is 145 Å². The molecule has 2 aliphatic rings. The summed E-state index contributed by atoms with van der Waals surface area (Å²) in [6.45, 7) is 13.4. The van der Waals surface area contributed by atoms with Crippen LogP contribution in [0.15, 0.2) is 170 Å². The maximum absolute atomic E-state index is 7.19. The van der Waals surface area contributed by atoms with Crippen LogP contribution in [0.25, 0.3) is 83.1 Å². The van der Waals surface area contributed by atoms with Gasteiger partial charge in [0.15, 0.2) is 0 Å². The van der Waals surface area contributed by atoms with Gasteiger partial charge in [-0.3, -0.25) is 0 Å². The zero-order valence-electron chi connectivity index (χ0n) is 36.6. The zero-order chi connectivity index (χ0) is 42.7. The van der Waals surface area contributed by atoms with Crippen LogP contribution in [0.2, 0.25) is 0 Å². The normalized spacial score (nSPS) is 12.4. The summed E-state index contributed by atoms with van der Waals surface area (Å²) in [7, 11) is 0. The van der Waals surface area contributed by atoms with E-state index in [2.05, 4.69) is 216 Å². The van der Waals surface area contributed by atoms with Crippen molar-refractivity contribution in [3.8, 4) is 72.8 Å². The molecule has 0 aliphatic carbocycles. The molecule has 2 nitrogen and oxygen atoms in total. The molecule has 9 aromatic carbocycles. The first kappa shape index (κ1) is 37.4. The first-order valence-electron chi connectivity index (χ1n) is 22.2. The van der Waals surface area contributed by atoms with Gasteiger partial charge in [0.05, 0.1) is 5.52 Å². The van der Waals surface area contributed by atoms with E-state index in [1.807, 2.05) is 0 Å². The summed E-state index contributed by atoms with van der Waals surface area (Å²) in [4.78, 5) is 0. The van der Waals surface area contributed by atoms with Gasteiger partial charge in [0, 0.05) is 22.0 Å². The molecule has 0 saturated carbocycles. The molecule has 63 heavy (non-hydrogen) atoms. The van der Waals surface area contributed by atoms with Crippen molar-refractivity contribution in [3.63, 3.8) is 0 Å². The van der Waals surface area contributed by atoms with Crippen LogP contribution in [0.5, 0.6) is 11.5 Å². The van der Waals surface area contributed by atoms with E-state index in [1.54, 1.807) is 0 Å². The molecule has 0 radical (unpaired) electrons. The summed E-state index contributed by atoms with van der Waals surface area (Å²) in [5.41, 5.74) is 27.4. The van der Waals surface area contributed by atoms with Crippen molar-refractivity contribution >= 4 is 44.9 Å². The van der Waals surface area contributed by atoms with Crippen LogP contribution in [-0.2, 0) is 0 Å². The molecule has 12 rings (SSSR count). The molecule has 0 fully saturated rings.